The van der Waals surface area contributed by atoms with E-state index < -0.39 is 0 Å². The van der Waals surface area contributed by atoms with E-state index in [-0.39, 0.29) is 0 Å². The normalized spacial score (nSPS) is 10.7. The van der Waals surface area contributed by atoms with Gasteiger partial charge in [-0.2, -0.15) is 0 Å². The van der Waals surface area contributed by atoms with Crippen LogP contribution < -0.4 is 5.32 Å². The lowest BCUT2D eigenvalue weighted by Crippen LogP contribution is -2.09. The Balaban J connectivity index is 2.47. The van der Waals surface area contributed by atoms with Crippen molar-refractivity contribution in [1.29, 1.82) is 0 Å². The standard InChI is InChI=1S/C12H14BrN3/c1-14-7-11-12(15-8-16(11)2)9-4-3-5-10(13)6-9/h3-6,8,14H,7H2,1-2H3. The highest BCUT2D eigenvalue weighted by Crippen LogP contribution is 2.24. The summed E-state index contributed by atoms with van der Waals surface area (Å²) in [6.07, 6.45) is 1.85. The summed E-state index contributed by atoms with van der Waals surface area (Å²) >= 11 is 3.48. The van der Waals surface area contributed by atoms with Gasteiger partial charge in [-0.05, 0) is 19.2 Å². The van der Waals surface area contributed by atoms with E-state index in [1.165, 1.54) is 5.69 Å². The lowest BCUT2D eigenvalue weighted by atomic mass is 10.1. The maximum Gasteiger partial charge on any atom is 0.0953 e. The van der Waals surface area contributed by atoms with Crippen LogP contribution in [-0.2, 0) is 13.6 Å². The first-order valence-electron chi connectivity index (χ1n) is 5.13. The number of rotatable bonds is 3. The number of halogens is 1. The number of hydrogen-bond donors (Lipinski definition) is 1. The smallest absolute Gasteiger partial charge is 0.0953 e. The van der Waals surface area contributed by atoms with Crippen molar-refractivity contribution >= 4 is 15.9 Å². The predicted octanol–water partition coefficient (Wildman–Crippen LogP) is 2.57. The topological polar surface area (TPSA) is 29.9 Å². The molecule has 1 heterocycles. The minimum Gasteiger partial charge on any atom is -0.336 e. The molecule has 16 heavy (non-hydrogen) atoms. The highest BCUT2D eigenvalue weighted by molar-refractivity contribution is 9.10. The zero-order valence-electron chi connectivity index (χ0n) is 9.37. The van der Waals surface area contributed by atoms with Crippen molar-refractivity contribution in [2.24, 2.45) is 7.05 Å². The predicted molar refractivity (Wildman–Crippen MR) is 69.1 cm³/mol. The van der Waals surface area contributed by atoms with E-state index in [1.807, 2.05) is 37.1 Å². The molecule has 2 rings (SSSR count). The molecule has 0 aliphatic heterocycles. The lowest BCUT2D eigenvalue weighted by Gasteiger charge is -2.05. The van der Waals surface area contributed by atoms with Gasteiger partial charge < -0.3 is 9.88 Å². The SMILES string of the molecule is CNCc1c(-c2cccc(Br)c2)ncn1C. The molecule has 0 saturated heterocycles. The van der Waals surface area contributed by atoms with Crippen LogP contribution in [0.25, 0.3) is 11.3 Å². The molecule has 0 aliphatic carbocycles. The molecule has 84 valence electrons. The van der Waals surface area contributed by atoms with Crippen LogP contribution in [0.2, 0.25) is 0 Å². The van der Waals surface area contributed by atoms with Crippen molar-refractivity contribution in [3.8, 4) is 11.3 Å². The van der Waals surface area contributed by atoms with E-state index in [1.54, 1.807) is 0 Å². The van der Waals surface area contributed by atoms with Gasteiger partial charge in [-0.25, -0.2) is 4.98 Å². The molecule has 0 bridgehead atoms. The highest BCUT2D eigenvalue weighted by Gasteiger charge is 2.10. The van der Waals surface area contributed by atoms with Crippen molar-refractivity contribution in [2.75, 3.05) is 7.05 Å². The third kappa shape index (κ3) is 2.18. The number of aryl methyl sites for hydroxylation is 1. The Kier molecular flexibility index (Phi) is 3.41. The second-order valence-electron chi connectivity index (χ2n) is 3.69. The number of nitrogens with one attached hydrogen (secondary N) is 1. The van der Waals surface area contributed by atoms with Crippen LogP contribution >= 0.6 is 15.9 Å². The molecule has 0 unspecified atom stereocenters. The first-order chi connectivity index (χ1) is 7.72. The lowest BCUT2D eigenvalue weighted by molar-refractivity contribution is 0.735. The van der Waals surface area contributed by atoms with Crippen LogP contribution in [0.4, 0.5) is 0 Å². The van der Waals surface area contributed by atoms with Gasteiger partial charge in [0.2, 0.25) is 0 Å². The second kappa shape index (κ2) is 4.80. The van der Waals surface area contributed by atoms with Gasteiger partial charge >= 0.3 is 0 Å². The van der Waals surface area contributed by atoms with Gasteiger partial charge in [-0.1, -0.05) is 28.1 Å². The third-order valence-corrected chi connectivity index (χ3v) is 2.99. The molecule has 3 nitrogen and oxygen atoms in total. The van der Waals surface area contributed by atoms with Crippen LogP contribution in [0.1, 0.15) is 5.69 Å². The maximum absolute atomic E-state index is 4.45. The summed E-state index contributed by atoms with van der Waals surface area (Å²) in [5, 5.41) is 3.16. The van der Waals surface area contributed by atoms with E-state index in [0.29, 0.717) is 0 Å². The van der Waals surface area contributed by atoms with Crippen molar-refractivity contribution in [1.82, 2.24) is 14.9 Å². The average Bonchev–Trinajstić information content (AvgIpc) is 2.61. The van der Waals surface area contributed by atoms with Crippen LogP contribution in [-0.4, -0.2) is 16.6 Å². The van der Waals surface area contributed by atoms with Gasteiger partial charge in [0.05, 0.1) is 17.7 Å². The molecule has 0 amide bonds. The summed E-state index contributed by atoms with van der Waals surface area (Å²) in [6.45, 7) is 0.818. The molecule has 0 spiro atoms. The Hall–Kier alpha value is -1.13. The largest absolute Gasteiger partial charge is 0.336 e. The van der Waals surface area contributed by atoms with Gasteiger partial charge in [0.15, 0.2) is 0 Å². The van der Waals surface area contributed by atoms with E-state index in [9.17, 15) is 0 Å². The van der Waals surface area contributed by atoms with Crippen LogP contribution in [0.15, 0.2) is 35.1 Å². The summed E-state index contributed by atoms with van der Waals surface area (Å²) in [6, 6.07) is 8.20. The summed E-state index contributed by atoms with van der Waals surface area (Å²) in [5.41, 5.74) is 3.37. The molecule has 1 aromatic heterocycles. The van der Waals surface area contributed by atoms with Gasteiger partial charge in [-0.15, -0.1) is 0 Å². The summed E-state index contributed by atoms with van der Waals surface area (Å²) < 4.78 is 3.12. The first-order valence-corrected chi connectivity index (χ1v) is 5.92. The fourth-order valence-electron chi connectivity index (χ4n) is 1.71. The summed E-state index contributed by atoms with van der Waals surface area (Å²) in [7, 11) is 3.96. The molecule has 0 radical (unpaired) electrons. The van der Waals surface area contributed by atoms with Crippen LogP contribution in [0, 0.1) is 0 Å². The zero-order valence-corrected chi connectivity index (χ0v) is 11.0. The Labute approximate surface area is 104 Å². The average molecular weight is 280 g/mol. The molecule has 4 heteroatoms. The van der Waals surface area contributed by atoms with Crippen LogP contribution in [0.5, 0.6) is 0 Å². The van der Waals surface area contributed by atoms with Gasteiger partial charge in [0, 0.05) is 23.6 Å². The summed E-state index contributed by atoms with van der Waals surface area (Å²) in [5.74, 6) is 0. The molecule has 0 fully saturated rings. The maximum atomic E-state index is 4.45. The number of hydrogen-bond acceptors (Lipinski definition) is 2. The zero-order chi connectivity index (χ0) is 11.5. The molecular formula is C12H14BrN3. The third-order valence-electron chi connectivity index (χ3n) is 2.50. The fraction of sp³-hybridized carbons (Fsp3) is 0.250. The minimum atomic E-state index is 0.818. The highest BCUT2D eigenvalue weighted by atomic mass is 79.9. The van der Waals surface area contributed by atoms with E-state index in [0.717, 1.165) is 22.3 Å². The Bertz CT molecular complexity index is 491. The second-order valence-corrected chi connectivity index (χ2v) is 4.61. The van der Waals surface area contributed by atoms with Crippen molar-refractivity contribution in [2.45, 2.75) is 6.54 Å². The number of benzene rings is 1. The molecule has 1 N–H and O–H groups in total. The quantitative estimate of drug-likeness (QED) is 0.936. The molecule has 0 aliphatic rings. The van der Waals surface area contributed by atoms with E-state index in [2.05, 4.69) is 38.4 Å². The monoisotopic (exact) mass is 279 g/mol. The van der Waals surface area contributed by atoms with E-state index in [4.69, 9.17) is 0 Å². The first kappa shape index (κ1) is 11.4. The Morgan fingerprint density at radius 1 is 1.44 bits per heavy atom. The van der Waals surface area contributed by atoms with Crippen molar-refractivity contribution in [3.05, 3.63) is 40.8 Å². The number of aromatic nitrogens is 2. The van der Waals surface area contributed by atoms with Gasteiger partial charge in [0.1, 0.15) is 0 Å². The fourth-order valence-corrected chi connectivity index (χ4v) is 2.11. The van der Waals surface area contributed by atoms with Gasteiger partial charge in [-0.3, -0.25) is 0 Å². The summed E-state index contributed by atoms with van der Waals surface area (Å²) in [4.78, 5) is 4.45. The molecule has 1 aromatic carbocycles. The number of imidazole rings is 1. The van der Waals surface area contributed by atoms with Crippen LogP contribution in [0.3, 0.4) is 0 Å². The molecular weight excluding hydrogens is 266 g/mol. The molecule has 0 saturated carbocycles. The molecule has 0 atom stereocenters. The van der Waals surface area contributed by atoms with Gasteiger partial charge in [0.25, 0.3) is 0 Å². The number of nitrogens with zero attached hydrogens (tertiary/aromatic N) is 2. The van der Waals surface area contributed by atoms with Crippen molar-refractivity contribution in [3.63, 3.8) is 0 Å². The Morgan fingerprint density at radius 3 is 2.94 bits per heavy atom. The molecule has 2 aromatic rings. The van der Waals surface area contributed by atoms with E-state index >= 15 is 0 Å². The minimum absolute atomic E-state index is 0.818. The Morgan fingerprint density at radius 2 is 2.25 bits per heavy atom. The van der Waals surface area contributed by atoms with Crippen molar-refractivity contribution < 1.29 is 0 Å².